The molecule has 1 heterocycles. The molecule has 4 aromatic rings. The molecule has 0 aliphatic heterocycles. The summed E-state index contributed by atoms with van der Waals surface area (Å²) in [6.07, 6.45) is 0.864. The Morgan fingerprint density at radius 3 is 1.62 bits per heavy atom. The SMILES string of the molecule is NCCOCCOCCNc1nc(NCCc2ccccc2)nc(N(Cc2ccccc2)Cc2ccccc2)n1. The molecule has 4 rings (SSSR count). The molecule has 1 aromatic heterocycles. The molecule has 3 aromatic carbocycles. The maximum absolute atomic E-state index is 5.66. The normalized spacial score (nSPS) is 10.8. The molecule has 210 valence electrons. The van der Waals surface area contributed by atoms with Crippen LogP contribution in [0.15, 0.2) is 91.0 Å². The van der Waals surface area contributed by atoms with Crippen LogP contribution in [0.4, 0.5) is 17.8 Å². The summed E-state index contributed by atoms with van der Waals surface area (Å²) in [6, 6.07) is 31.1. The molecule has 0 amide bonds. The van der Waals surface area contributed by atoms with E-state index >= 15 is 0 Å². The Morgan fingerprint density at radius 1 is 0.575 bits per heavy atom. The lowest BCUT2D eigenvalue weighted by atomic mass is 10.1. The summed E-state index contributed by atoms with van der Waals surface area (Å²) in [5.74, 6) is 1.63. The number of aromatic nitrogens is 3. The molecular formula is C31H39N7O2. The monoisotopic (exact) mass is 541 g/mol. The zero-order valence-corrected chi connectivity index (χ0v) is 22.9. The number of nitrogens with zero attached hydrogens (tertiary/aromatic N) is 4. The highest BCUT2D eigenvalue weighted by Crippen LogP contribution is 2.19. The van der Waals surface area contributed by atoms with Gasteiger partial charge in [0.25, 0.3) is 0 Å². The second-order valence-corrected chi connectivity index (χ2v) is 9.21. The van der Waals surface area contributed by atoms with Gasteiger partial charge in [0.2, 0.25) is 17.8 Å². The number of ether oxygens (including phenoxy) is 2. The maximum atomic E-state index is 5.66. The van der Waals surface area contributed by atoms with Gasteiger partial charge in [0, 0.05) is 32.7 Å². The summed E-state index contributed by atoms with van der Waals surface area (Å²) in [6.45, 7) is 5.17. The number of anilines is 3. The van der Waals surface area contributed by atoms with Gasteiger partial charge in [-0.15, -0.1) is 0 Å². The molecule has 9 heteroatoms. The highest BCUT2D eigenvalue weighted by molar-refractivity contribution is 5.45. The first-order valence-corrected chi connectivity index (χ1v) is 13.8. The van der Waals surface area contributed by atoms with Gasteiger partial charge < -0.3 is 30.7 Å². The minimum Gasteiger partial charge on any atom is -0.378 e. The molecule has 0 saturated heterocycles. The van der Waals surface area contributed by atoms with Crippen LogP contribution in [0.5, 0.6) is 0 Å². The average molecular weight is 542 g/mol. The predicted molar refractivity (Wildman–Crippen MR) is 160 cm³/mol. The molecule has 0 bridgehead atoms. The molecule has 0 saturated carbocycles. The molecule has 0 fully saturated rings. The van der Waals surface area contributed by atoms with Crippen LogP contribution in [-0.4, -0.2) is 61.0 Å². The quantitative estimate of drug-likeness (QED) is 0.160. The smallest absolute Gasteiger partial charge is 0.232 e. The van der Waals surface area contributed by atoms with Crippen molar-refractivity contribution in [2.45, 2.75) is 19.5 Å². The second kappa shape index (κ2) is 16.8. The topological polar surface area (TPSA) is 110 Å². The maximum Gasteiger partial charge on any atom is 0.232 e. The Kier molecular flexibility index (Phi) is 12.2. The summed E-state index contributed by atoms with van der Waals surface area (Å²) in [5.41, 5.74) is 9.05. The van der Waals surface area contributed by atoms with Crippen LogP contribution < -0.4 is 21.3 Å². The fraction of sp³-hybridized carbons (Fsp3) is 0.323. The first-order valence-electron chi connectivity index (χ1n) is 13.8. The minimum absolute atomic E-state index is 0.501. The third kappa shape index (κ3) is 10.3. The van der Waals surface area contributed by atoms with E-state index in [1.54, 1.807) is 0 Å². The number of nitrogens with one attached hydrogen (secondary N) is 2. The van der Waals surface area contributed by atoms with E-state index in [9.17, 15) is 0 Å². The van der Waals surface area contributed by atoms with Crippen molar-refractivity contribution in [1.82, 2.24) is 15.0 Å². The molecule has 0 aliphatic carbocycles. The van der Waals surface area contributed by atoms with E-state index in [1.165, 1.54) is 16.7 Å². The number of hydrogen-bond donors (Lipinski definition) is 3. The van der Waals surface area contributed by atoms with Crippen molar-refractivity contribution in [2.24, 2.45) is 5.73 Å². The van der Waals surface area contributed by atoms with Crippen molar-refractivity contribution in [3.05, 3.63) is 108 Å². The Labute approximate surface area is 236 Å². The lowest BCUT2D eigenvalue weighted by Gasteiger charge is -2.24. The van der Waals surface area contributed by atoms with Gasteiger partial charge in [-0.25, -0.2) is 0 Å². The molecule has 0 unspecified atom stereocenters. The largest absolute Gasteiger partial charge is 0.378 e. The van der Waals surface area contributed by atoms with E-state index in [-0.39, 0.29) is 0 Å². The Bertz CT molecular complexity index is 1190. The van der Waals surface area contributed by atoms with E-state index in [0.717, 1.165) is 6.42 Å². The van der Waals surface area contributed by atoms with Gasteiger partial charge in [-0.3, -0.25) is 0 Å². The summed E-state index contributed by atoms with van der Waals surface area (Å²) in [4.78, 5) is 16.5. The molecular weight excluding hydrogens is 502 g/mol. The summed E-state index contributed by atoms with van der Waals surface area (Å²) in [5, 5.41) is 6.70. The van der Waals surface area contributed by atoms with Crippen molar-refractivity contribution < 1.29 is 9.47 Å². The molecule has 0 spiro atoms. The van der Waals surface area contributed by atoms with Crippen LogP contribution in [0.3, 0.4) is 0 Å². The first kappa shape index (κ1) is 28.9. The minimum atomic E-state index is 0.501. The van der Waals surface area contributed by atoms with Gasteiger partial charge in [-0.05, 0) is 23.1 Å². The lowest BCUT2D eigenvalue weighted by Crippen LogP contribution is -2.26. The van der Waals surface area contributed by atoms with E-state index in [0.29, 0.717) is 77.0 Å². The fourth-order valence-electron chi connectivity index (χ4n) is 4.07. The Hall–Kier alpha value is -4.05. The molecule has 40 heavy (non-hydrogen) atoms. The van der Waals surface area contributed by atoms with E-state index in [2.05, 4.69) is 69.0 Å². The third-order valence-electron chi connectivity index (χ3n) is 6.04. The van der Waals surface area contributed by atoms with Crippen molar-refractivity contribution in [2.75, 3.05) is 61.6 Å². The van der Waals surface area contributed by atoms with Crippen LogP contribution in [0.2, 0.25) is 0 Å². The van der Waals surface area contributed by atoms with Gasteiger partial charge >= 0.3 is 0 Å². The van der Waals surface area contributed by atoms with Gasteiger partial charge in [0.15, 0.2) is 0 Å². The Balaban J connectivity index is 1.48. The molecule has 4 N–H and O–H groups in total. The lowest BCUT2D eigenvalue weighted by molar-refractivity contribution is 0.0547. The van der Waals surface area contributed by atoms with Crippen LogP contribution in [0, 0.1) is 0 Å². The van der Waals surface area contributed by atoms with Crippen LogP contribution in [-0.2, 0) is 29.0 Å². The third-order valence-corrected chi connectivity index (χ3v) is 6.04. The van der Waals surface area contributed by atoms with Gasteiger partial charge in [0.05, 0.1) is 26.4 Å². The molecule has 0 aliphatic rings. The van der Waals surface area contributed by atoms with Crippen molar-refractivity contribution >= 4 is 17.8 Å². The van der Waals surface area contributed by atoms with Crippen molar-refractivity contribution in [3.8, 4) is 0 Å². The second-order valence-electron chi connectivity index (χ2n) is 9.21. The van der Waals surface area contributed by atoms with E-state index in [4.69, 9.17) is 25.2 Å². The average Bonchev–Trinajstić information content (AvgIpc) is 3.00. The molecule has 0 atom stereocenters. The molecule has 0 radical (unpaired) electrons. The first-order chi connectivity index (χ1) is 19.8. The highest BCUT2D eigenvalue weighted by atomic mass is 16.5. The Morgan fingerprint density at radius 2 is 1.07 bits per heavy atom. The number of hydrogen-bond acceptors (Lipinski definition) is 9. The van der Waals surface area contributed by atoms with Gasteiger partial charge in [0.1, 0.15) is 0 Å². The van der Waals surface area contributed by atoms with Crippen LogP contribution in [0.25, 0.3) is 0 Å². The van der Waals surface area contributed by atoms with Crippen LogP contribution >= 0.6 is 0 Å². The summed E-state index contributed by atoms with van der Waals surface area (Å²) < 4.78 is 11.0. The number of rotatable bonds is 18. The zero-order chi connectivity index (χ0) is 27.7. The zero-order valence-electron chi connectivity index (χ0n) is 22.9. The van der Waals surface area contributed by atoms with Crippen LogP contribution in [0.1, 0.15) is 16.7 Å². The standard InChI is InChI=1S/C31H39N7O2/c32-17-20-39-22-23-40-21-19-34-30-35-29(33-18-16-26-10-4-1-5-11-26)36-31(37-30)38(24-27-12-6-2-7-13-27)25-28-14-8-3-9-15-28/h1-15H,16-25,32H2,(H2,33,34,35,36,37). The van der Waals surface area contributed by atoms with Gasteiger partial charge in [-0.2, -0.15) is 15.0 Å². The van der Waals surface area contributed by atoms with Gasteiger partial charge in [-0.1, -0.05) is 91.0 Å². The number of benzene rings is 3. The van der Waals surface area contributed by atoms with E-state index in [1.807, 2.05) is 42.5 Å². The van der Waals surface area contributed by atoms with E-state index < -0.39 is 0 Å². The summed E-state index contributed by atoms with van der Waals surface area (Å²) in [7, 11) is 0. The number of nitrogens with two attached hydrogens (primary N) is 1. The summed E-state index contributed by atoms with van der Waals surface area (Å²) >= 11 is 0. The van der Waals surface area contributed by atoms with Crippen molar-refractivity contribution in [3.63, 3.8) is 0 Å². The van der Waals surface area contributed by atoms with Crippen molar-refractivity contribution in [1.29, 1.82) is 0 Å². The predicted octanol–water partition coefficient (Wildman–Crippen LogP) is 4.14. The molecule has 9 nitrogen and oxygen atoms in total. The highest BCUT2D eigenvalue weighted by Gasteiger charge is 2.15. The fourth-order valence-corrected chi connectivity index (χ4v) is 4.07.